The maximum Gasteiger partial charge on any atom is 0.165 e. The number of methoxy groups -OCH3 is 3. The first-order chi connectivity index (χ1) is 13.2. The van der Waals surface area contributed by atoms with E-state index >= 15 is 0 Å². The molecule has 1 heterocycles. The van der Waals surface area contributed by atoms with Gasteiger partial charge in [-0.3, -0.25) is 0 Å². The summed E-state index contributed by atoms with van der Waals surface area (Å²) >= 11 is 0. The van der Waals surface area contributed by atoms with Crippen molar-refractivity contribution in [2.24, 2.45) is 0 Å². The average Bonchev–Trinajstić information content (AvgIpc) is 3.09. The average molecular weight is 372 g/mol. The highest BCUT2D eigenvalue weighted by Crippen LogP contribution is 2.51. The maximum absolute atomic E-state index is 10.1. The maximum atomic E-state index is 10.1. The van der Waals surface area contributed by atoms with Crippen LogP contribution in [0.5, 0.6) is 23.0 Å². The van der Waals surface area contributed by atoms with E-state index in [-0.39, 0.29) is 18.6 Å². The van der Waals surface area contributed by atoms with Crippen LogP contribution < -0.4 is 18.9 Å². The quantitative estimate of drug-likeness (QED) is 0.724. The molecule has 0 aliphatic carbocycles. The van der Waals surface area contributed by atoms with Gasteiger partial charge in [0, 0.05) is 5.56 Å². The number of rotatable bonds is 7. The van der Waals surface area contributed by atoms with E-state index in [1.807, 2.05) is 30.3 Å². The predicted molar refractivity (Wildman–Crippen MR) is 101 cm³/mol. The number of ether oxygens (including phenoxy) is 4. The number of aliphatic hydroxyl groups excluding tert-OH is 2. The molecule has 2 atom stereocenters. The van der Waals surface area contributed by atoms with Crippen LogP contribution in [-0.4, -0.2) is 38.1 Å². The molecule has 2 aromatic rings. The van der Waals surface area contributed by atoms with Crippen LogP contribution in [-0.2, 0) is 6.42 Å². The Labute approximate surface area is 158 Å². The molecule has 0 saturated carbocycles. The monoisotopic (exact) mass is 372 g/mol. The Morgan fingerprint density at radius 2 is 1.74 bits per heavy atom. The standard InChI is InChI=1S/C21H24O6/c1-24-17-7-6-14(11-18(17)25-2)20-16(12-23)15-9-13(5-4-8-22)10-19(26-3)21(15)27-20/h4,6-11,16,20,22-23H,5,12H2,1-3H3. The Balaban J connectivity index is 2.02. The topological polar surface area (TPSA) is 77.4 Å². The lowest BCUT2D eigenvalue weighted by Gasteiger charge is -2.19. The summed E-state index contributed by atoms with van der Waals surface area (Å²) in [5, 5.41) is 19.0. The molecule has 2 N–H and O–H groups in total. The minimum absolute atomic E-state index is 0.0749. The fourth-order valence-electron chi connectivity index (χ4n) is 3.44. The summed E-state index contributed by atoms with van der Waals surface area (Å²) in [5.74, 6) is 2.23. The van der Waals surface area contributed by atoms with Crippen molar-refractivity contribution in [3.63, 3.8) is 0 Å². The molecule has 1 aliphatic rings. The molecule has 2 aromatic carbocycles. The van der Waals surface area contributed by atoms with Crippen LogP contribution in [0.4, 0.5) is 0 Å². The second kappa shape index (κ2) is 8.22. The molecule has 0 amide bonds. The lowest BCUT2D eigenvalue weighted by molar-refractivity contribution is 0.156. The number of benzene rings is 2. The summed E-state index contributed by atoms with van der Waals surface area (Å²) in [4.78, 5) is 0. The first-order valence-electron chi connectivity index (χ1n) is 8.66. The number of fused-ring (bicyclic) bond motifs is 1. The zero-order valence-electron chi connectivity index (χ0n) is 15.6. The lowest BCUT2D eigenvalue weighted by atomic mass is 9.90. The molecule has 3 rings (SSSR count). The summed E-state index contributed by atoms with van der Waals surface area (Å²) in [7, 11) is 4.75. The third kappa shape index (κ3) is 3.53. The Bertz CT molecular complexity index is 830. The third-order valence-electron chi connectivity index (χ3n) is 4.76. The summed E-state index contributed by atoms with van der Waals surface area (Å²) in [6.07, 6.45) is 2.85. The van der Waals surface area contributed by atoms with Gasteiger partial charge in [-0.15, -0.1) is 0 Å². The van der Waals surface area contributed by atoms with Crippen molar-refractivity contribution in [3.05, 3.63) is 59.4 Å². The zero-order valence-corrected chi connectivity index (χ0v) is 15.6. The van der Waals surface area contributed by atoms with E-state index in [1.54, 1.807) is 27.4 Å². The fourth-order valence-corrected chi connectivity index (χ4v) is 3.44. The van der Waals surface area contributed by atoms with E-state index in [9.17, 15) is 5.11 Å². The third-order valence-corrected chi connectivity index (χ3v) is 4.76. The van der Waals surface area contributed by atoms with E-state index < -0.39 is 0 Å². The van der Waals surface area contributed by atoms with E-state index in [0.29, 0.717) is 29.4 Å². The molecule has 0 saturated heterocycles. The molecule has 6 heteroatoms. The summed E-state index contributed by atoms with van der Waals surface area (Å²) < 4.78 is 22.4. The molecule has 6 nitrogen and oxygen atoms in total. The van der Waals surface area contributed by atoms with Crippen LogP contribution in [0.2, 0.25) is 0 Å². The van der Waals surface area contributed by atoms with Gasteiger partial charge in [-0.1, -0.05) is 12.1 Å². The van der Waals surface area contributed by atoms with Gasteiger partial charge in [0.05, 0.1) is 40.1 Å². The van der Waals surface area contributed by atoms with E-state index in [0.717, 1.165) is 23.0 Å². The first kappa shape index (κ1) is 18.9. The summed E-state index contributed by atoms with van der Waals surface area (Å²) in [6, 6.07) is 9.45. The molecular formula is C21H24O6. The largest absolute Gasteiger partial charge is 0.516 e. The van der Waals surface area contributed by atoms with Gasteiger partial charge in [0.2, 0.25) is 0 Å². The first-order valence-corrected chi connectivity index (χ1v) is 8.66. The van der Waals surface area contributed by atoms with Crippen LogP contribution in [0.15, 0.2) is 42.7 Å². The summed E-state index contributed by atoms with van der Waals surface area (Å²) in [6.45, 7) is -0.0749. The van der Waals surface area contributed by atoms with Crippen LogP contribution in [0.25, 0.3) is 0 Å². The molecule has 0 bridgehead atoms. The number of allylic oxidation sites excluding steroid dienone is 1. The molecule has 0 fully saturated rings. The van der Waals surface area contributed by atoms with Crippen molar-refractivity contribution < 1.29 is 29.2 Å². The van der Waals surface area contributed by atoms with Crippen molar-refractivity contribution in [1.82, 2.24) is 0 Å². The van der Waals surface area contributed by atoms with Gasteiger partial charge in [-0.05, 0) is 41.8 Å². The van der Waals surface area contributed by atoms with Crippen molar-refractivity contribution in [3.8, 4) is 23.0 Å². The number of aliphatic hydroxyl groups is 2. The molecule has 1 aliphatic heterocycles. The molecular weight excluding hydrogens is 348 g/mol. The lowest BCUT2D eigenvalue weighted by Crippen LogP contribution is -2.13. The Morgan fingerprint density at radius 3 is 2.37 bits per heavy atom. The molecule has 144 valence electrons. The van der Waals surface area contributed by atoms with Gasteiger partial charge in [0.25, 0.3) is 0 Å². The Hall–Kier alpha value is -2.86. The highest BCUT2D eigenvalue weighted by atomic mass is 16.5. The minimum Gasteiger partial charge on any atom is -0.516 e. The number of hydrogen-bond acceptors (Lipinski definition) is 6. The highest BCUT2D eigenvalue weighted by Gasteiger charge is 2.38. The van der Waals surface area contributed by atoms with Gasteiger partial charge in [0.1, 0.15) is 6.10 Å². The van der Waals surface area contributed by atoms with Gasteiger partial charge >= 0.3 is 0 Å². The van der Waals surface area contributed by atoms with Crippen molar-refractivity contribution in [1.29, 1.82) is 0 Å². The van der Waals surface area contributed by atoms with E-state index in [2.05, 4.69) is 0 Å². The molecule has 27 heavy (non-hydrogen) atoms. The van der Waals surface area contributed by atoms with Gasteiger partial charge in [0.15, 0.2) is 23.0 Å². The Kier molecular flexibility index (Phi) is 5.76. The molecule has 0 radical (unpaired) electrons. The minimum atomic E-state index is -0.373. The molecule has 0 aromatic heterocycles. The van der Waals surface area contributed by atoms with Crippen molar-refractivity contribution in [2.75, 3.05) is 27.9 Å². The van der Waals surface area contributed by atoms with Gasteiger partial charge < -0.3 is 29.2 Å². The fraction of sp³-hybridized carbons (Fsp3) is 0.333. The van der Waals surface area contributed by atoms with Crippen molar-refractivity contribution in [2.45, 2.75) is 18.4 Å². The predicted octanol–water partition coefficient (Wildman–Crippen LogP) is 3.54. The normalized spacial score (nSPS) is 18.2. The van der Waals surface area contributed by atoms with Crippen LogP contribution >= 0.6 is 0 Å². The summed E-state index contributed by atoms with van der Waals surface area (Å²) in [5.41, 5.74) is 2.73. The van der Waals surface area contributed by atoms with Crippen LogP contribution in [0.3, 0.4) is 0 Å². The smallest absolute Gasteiger partial charge is 0.165 e. The molecule has 2 unspecified atom stereocenters. The Morgan fingerprint density at radius 1 is 1.00 bits per heavy atom. The second-order valence-corrected chi connectivity index (χ2v) is 6.25. The van der Waals surface area contributed by atoms with Crippen LogP contribution in [0.1, 0.15) is 28.7 Å². The van der Waals surface area contributed by atoms with Crippen molar-refractivity contribution >= 4 is 0 Å². The second-order valence-electron chi connectivity index (χ2n) is 6.25. The highest BCUT2D eigenvalue weighted by molar-refractivity contribution is 5.56. The van der Waals surface area contributed by atoms with E-state index in [1.165, 1.54) is 0 Å². The SMILES string of the molecule is COc1ccc(C2Oc3c(OC)cc(CC=CO)cc3C2CO)cc1OC. The van der Waals surface area contributed by atoms with Crippen LogP contribution in [0, 0.1) is 0 Å². The van der Waals surface area contributed by atoms with Gasteiger partial charge in [-0.25, -0.2) is 0 Å². The number of hydrogen-bond donors (Lipinski definition) is 2. The zero-order chi connectivity index (χ0) is 19.4. The van der Waals surface area contributed by atoms with Gasteiger partial charge in [-0.2, -0.15) is 0 Å². The van der Waals surface area contributed by atoms with E-state index in [4.69, 9.17) is 24.1 Å². The molecule has 0 spiro atoms.